The van der Waals surface area contributed by atoms with E-state index in [0.29, 0.717) is 22.5 Å². The first-order valence-corrected chi connectivity index (χ1v) is 6.36. The summed E-state index contributed by atoms with van der Waals surface area (Å²) >= 11 is 6.02. The largest absolute Gasteiger partial charge is 0.354 e. The molecule has 0 fully saturated rings. The van der Waals surface area contributed by atoms with Crippen molar-refractivity contribution in [1.82, 2.24) is 9.97 Å². The lowest BCUT2D eigenvalue weighted by molar-refractivity contribution is 0.628. The first-order chi connectivity index (χ1) is 9.19. The SMILES string of the molecule is CCCNc1ncc(Cl)c(Nc2ccc(F)cc2)n1. The highest BCUT2D eigenvalue weighted by molar-refractivity contribution is 6.32. The Morgan fingerprint density at radius 1 is 1.26 bits per heavy atom. The minimum Gasteiger partial charge on any atom is -0.354 e. The number of hydrogen-bond donors (Lipinski definition) is 2. The molecule has 0 bridgehead atoms. The van der Waals surface area contributed by atoms with Gasteiger partial charge in [0.25, 0.3) is 0 Å². The number of nitrogens with one attached hydrogen (secondary N) is 2. The molecule has 1 aromatic carbocycles. The number of benzene rings is 1. The summed E-state index contributed by atoms with van der Waals surface area (Å²) in [6, 6.07) is 5.97. The fraction of sp³-hybridized carbons (Fsp3) is 0.231. The third-order valence-corrected chi connectivity index (χ3v) is 2.66. The maximum atomic E-state index is 12.8. The molecule has 0 radical (unpaired) electrons. The molecule has 0 aliphatic carbocycles. The van der Waals surface area contributed by atoms with Gasteiger partial charge in [-0.25, -0.2) is 9.37 Å². The lowest BCUT2D eigenvalue weighted by atomic mass is 10.3. The number of aromatic nitrogens is 2. The number of nitrogens with zero attached hydrogens (tertiary/aromatic N) is 2. The molecule has 4 nitrogen and oxygen atoms in total. The average Bonchev–Trinajstić information content (AvgIpc) is 2.42. The van der Waals surface area contributed by atoms with Crippen LogP contribution in [0.15, 0.2) is 30.5 Å². The molecule has 2 aromatic rings. The van der Waals surface area contributed by atoms with E-state index in [-0.39, 0.29) is 5.82 Å². The van der Waals surface area contributed by atoms with Crippen molar-refractivity contribution in [2.24, 2.45) is 0 Å². The van der Waals surface area contributed by atoms with E-state index in [4.69, 9.17) is 11.6 Å². The highest BCUT2D eigenvalue weighted by Gasteiger charge is 2.05. The Kier molecular flexibility index (Phi) is 4.52. The van der Waals surface area contributed by atoms with Crippen molar-refractivity contribution in [2.45, 2.75) is 13.3 Å². The molecule has 0 aliphatic rings. The van der Waals surface area contributed by atoms with Gasteiger partial charge in [0, 0.05) is 12.2 Å². The lowest BCUT2D eigenvalue weighted by Gasteiger charge is -2.09. The summed E-state index contributed by atoms with van der Waals surface area (Å²) in [6.07, 6.45) is 2.51. The van der Waals surface area contributed by atoms with Crippen molar-refractivity contribution in [1.29, 1.82) is 0 Å². The molecular weight excluding hydrogens is 267 g/mol. The Hall–Kier alpha value is -1.88. The van der Waals surface area contributed by atoms with E-state index in [9.17, 15) is 4.39 Å². The van der Waals surface area contributed by atoms with Crippen LogP contribution in [0, 0.1) is 5.82 Å². The smallest absolute Gasteiger partial charge is 0.224 e. The minimum absolute atomic E-state index is 0.287. The maximum Gasteiger partial charge on any atom is 0.224 e. The first-order valence-electron chi connectivity index (χ1n) is 5.98. The molecule has 0 amide bonds. The zero-order valence-corrected chi connectivity index (χ0v) is 11.2. The Morgan fingerprint density at radius 2 is 2.00 bits per heavy atom. The third-order valence-electron chi connectivity index (χ3n) is 2.38. The Labute approximate surface area is 116 Å². The lowest BCUT2D eigenvalue weighted by Crippen LogP contribution is -2.06. The first kappa shape index (κ1) is 13.5. The number of hydrogen-bond acceptors (Lipinski definition) is 4. The van der Waals surface area contributed by atoms with Gasteiger partial charge in [-0.15, -0.1) is 0 Å². The van der Waals surface area contributed by atoms with Crippen LogP contribution in [0.5, 0.6) is 0 Å². The topological polar surface area (TPSA) is 49.8 Å². The van der Waals surface area contributed by atoms with Crippen LogP contribution in [0.2, 0.25) is 5.02 Å². The van der Waals surface area contributed by atoms with Crippen molar-refractivity contribution in [3.05, 3.63) is 41.3 Å². The van der Waals surface area contributed by atoms with Crippen LogP contribution in [-0.4, -0.2) is 16.5 Å². The van der Waals surface area contributed by atoms with E-state index in [1.165, 1.54) is 18.3 Å². The Balaban J connectivity index is 2.16. The summed E-state index contributed by atoms with van der Waals surface area (Å²) < 4.78 is 12.8. The second-order valence-electron chi connectivity index (χ2n) is 3.95. The molecule has 0 unspecified atom stereocenters. The summed E-state index contributed by atoms with van der Waals surface area (Å²) in [5, 5.41) is 6.51. The molecule has 2 N–H and O–H groups in total. The van der Waals surface area contributed by atoms with Crippen molar-refractivity contribution in [3.63, 3.8) is 0 Å². The summed E-state index contributed by atoms with van der Waals surface area (Å²) in [4.78, 5) is 8.35. The van der Waals surface area contributed by atoms with E-state index >= 15 is 0 Å². The highest BCUT2D eigenvalue weighted by atomic mass is 35.5. The van der Waals surface area contributed by atoms with Crippen molar-refractivity contribution in [2.75, 3.05) is 17.2 Å². The second-order valence-corrected chi connectivity index (χ2v) is 4.36. The second kappa shape index (κ2) is 6.33. The van der Waals surface area contributed by atoms with Gasteiger partial charge in [0.05, 0.1) is 6.20 Å². The summed E-state index contributed by atoms with van der Waals surface area (Å²) in [7, 11) is 0. The number of anilines is 3. The molecular formula is C13H14ClFN4. The fourth-order valence-electron chi connectivity index (χ4n) is 1.45. The molecule has 0 atom stereocenters. The van der Waals surface area contributed by atoms with Gasteiger partial charge in [-0.05, 0) is 30.7 Å². The van der Waals surface area contributed by atoms with E-state index in [1.54, 1.807) is 12.1 Å². The fourth-order valence-corrected chi connectivity index (χ4v) is 1.59. The van der Waals surface area contributed by atoms with Gasteiger partial charge >= 0.3 is 0 Å². The van der Waals surface area contributed by atoms with Gasteiger partial charge < -0.3 is 10.6 Å². The monoisotopic (exact) mass is 280 g/mol. The molecule has 1 aromatic heterocycles. The highest BCUT2D eigenvalue weighted by Crippen LogP contribution is 2.23. The molecule has 1 heterocycles. The van der Waals surface area contributed by atoms with Gasteiger partial charge in [0.2, 0.25) is 5.95 Å². The molecule has 6 heteroatoms. The molecule has 0 saturated heterocycles. The zero-order chi connectivity index (χ0) is 13.7. The van der Waals surface area contributed by atoms with E-state index in [0.717, 1.165) is 13.0 Å². The molecule has 19 heavy (non-hydrogen) atoms. The maximum absolute atomic E-state index is 12.8. The van der Waals surface area contributed by atoms with Crippen LogP contribution < -0.4 is 10.6 Å². The predicted octanol–water partition coefficient (Wildman–Crippen LogP) is 3.83. The van der Waals surface area contributed by atoms with Gasteiger partial charge in [-0.2, -0.15) is 4.98 Å². The van der Waals surface area contributed by atoms with Crippen molar-refractivity contribution in [3.8, 4) is 0 Å². The van der Waals surface area contributed by atoms with E-state index in [2.05, 4.69) is 27.5 Å². The quantitative estimate of drug-likeness (QED) is 0.874. The van der Waals surface area contributed by atoms with Gasteiger partial charge in [-0.3, -0.25) is 0 Å². The van der Waals surface area contributed by atoms with Gasteiger partial charge in [0.1, 0.15) is 10.8 Å². The normalized spacial score (nSPS) is 10.3. The van der Waals surface area contributed by atoms with Crippen LogP contribution in [0.3, 0.4) is 0 Å². The predicted molar refractivity (Wildman–Crippen MR) is 75.5 cm³/mol. The zero-order valence-electron chi connectivity index (χ0n) is 10.5. The van der Waals surface area contributed by atoms with Gasteiger partial charge in [-0.1, -0.05) is 18.5 Å². The molecule has 0 spiro atoms. The number of halogens is 2. The van der Waals surface area contributed by atoms with Crippen LogP contribution in [0.1, 0.15) is 13.3 Å². The molecule has 0 aliphatic heterocycles. The molecule has 0 saturated carbocycles. The van der Waals surface area contributed by atoms with E-state index < -0.39 is 0 Å². The Bertz CT molecular complexity index is 545. The van der Waals surface area contributed by atoms with Crippen LogP contribution >= 0.6 is 11.6 Å². The van der Waals surface area contributed by atoms with Crippen LogP contribution in [0.25, 0.3) is 0 Å². The minimum atomic E-state index is -0.287. The molecule has 2 rings (SSSR count). The van der Waals surface area contributed by atoms with Gasteiger partial charge in [0.15, 0.2) is 5.82 Å². The van der Waals surface area contributed by atoms with Crippen molar-refractivity contribution >= 4 is 29.1 Å². The van der Waals surface area contributed by atoms with Crippen LogP contribution in [-0.2, 0) is 0 Å². The average molecular weight is 281 g/mol. The Morgan fingerprint density at radius 3 is 2.68 bits per heavy atom. The summed E-state index contributed by atoms with van der Waals surface area (Å²) in [5.74, 6) is 0.711. The van der Waals surface area contributed by atoms with Crippen molar-refractivity contribution < 1.29 is 4.39 Å². The summed E-state index contributed by atoms with van der Waals surface area (Å²) in [5.41, 5.74) is 0.712. The standard InChI is InChI=1S/C13H14ClFN4/c1-2-7-16-13-17-8-11(14)12(19-13)18-10-5-3-9(15)4-6-10/h3-6,8H,2,7H2,1H3,(H2,16,17,18,19). The third kappa shape index (κ3) is 3.79. The number of rotatable bonds is 5. The van der Waals surface area contributed by atoms with E-state index in [1.807, 2.05) is 0 Å². The summed E-state index contributed by atoms with van der Waals surface area (Å²) in [6.45, 7) is 2.85. The molecule has 100 valence electrons. The van der Waals surface area contributed by atoms with Crippen LogP contribution in [0.4, 0.5) is 21.8 Å².